The van der Waals surface area contributed by atoms with E-state index in [-0.39, 0.29) is 0 Å². The Labute approximate surface area is 160 Å². The van der Waals surface area contributed by atoms with Gasteiger partial charge in [0.05, 0.1) is 19.9 Å². The van der Waals surface area contributed by atoms with Crippen LogP contribution in [-0.4, -0.2) is 55.9 Å². The van der Waals surface area contributed by atoms with Crippen molar-refractivity contribution < 1.29 is 9.47 Å². The molecule has 0 saturated carbocycles. The molecule has 7 heteroatoms. The van der Waals surface area contributed by atoms with Crippen molar-refractivity contribution in [3.8, 4) is 11.5 Å². The van der Waals surface area contributed by atoms with E-state index < -0.39 is 0 Å². The number of nitrogens with zero attached hydrogens (tertiary/aromatic N) is 2. The van der Waals surface area contributed by atoms with Crippen LogP contribution in [0.5, 0.6) is 11.5 Å². The molecule has 2 saturated heterocycles. The number of nitrogens with two attached hydrogens (primary N) is 2. The van der Waals surface area contributed by atoms with Crippen LogP contribution >= 0.6 is 11.9 Å². The fraction of sp³-hybridized carbons (Fsp3) is 0.579. The average Bonchev–Trinajstić information content (AvgIpc) is 3.07. The van der Waals surface area contributed by atoms with Crippen molar-refractivity contribution in [3.05, 3.63) is 23.9 Å². The molecular formula is C19H30N4O2S. The fourth-order valence-electron chi connectivity index (χ4n) is 4.16. The molecule has 2 fully saturated rings. The van der Waals surface area contributed by atoms with Gasteiger partial charge in [-0.1, -0.05) is 11.9 Å². The molecule has 3 rings (SSSR count). The molecule has 1 aromatic rings. The van der Waals surface area contributed by atoms with Crippen LogP contribution in [0.15, 0.2) is 18.3 Å². The molecule has 0 bridgehead atoms. The molecule has 0 aromatic heterocycles. The third-order valence-electron chi connectivity index (χ3n) is 5.82. The molecule has 144 valence electrons. The number of likely N-dealkylation sites (tertiary alicyclic amines) is 1. The summed E-state index contributed by atoms with van der Waals surface area (Å²) in [6.07, 6.45) is 7.51. The van der Waals surface area contributed by atoms with Gasteiger partial charge in [0.15, 0.2) is 11.5 Å². The normalized spacial score (nSPS) is 20.6. The summed E-state index contributed by atoms with van der Waals surface area (Å²) in [6, 6.07) is 3.72. The van der Waals surface area contributed by atoms with E-state index in [9.17, 15) is 0 Å². The zero-order valence-corrected chi connectivity index (χ0v) is 16.8. The molecule has 0 unspecified atom stereocenters. The van der Waals surface area contributed by atoms with Gasteiger partial charge < -0.3 is 25.8 Å². The van der Waals surface area contributed by atoms with Crippen molar-refractivity contribution in [1.29, 1.82) is 0 Å². The second-order valence-electron chi connectivity index (χ2n) is 7.13. The largest absolute Gasteiger partial charge is 0.493 e. The fourth-order valence-corrected chi connectivity index (χ4v) is 4.84. The van der Waals surface area contributed by atoms with Crippen LogP contribution in [0, 0.1) is 5.41 Å². The molecule has 0 radical (unpaired) electrons. The maximum atomic E-state index is 6.29. The van der Waals surface area contributed by atoms with Gasteiger partial charge >= 0.3 is 0 Å². The van der Waals surface area contributed by atoms with Crippen molar-refractivity contribution in [3.63, 3.8) is 0 Å². The van der Waals surface area contributed by atoms with Crippen LogP contribution in [0.4, 0.5) is 5.69 Å². The summed E-state index contributed by atoms with van der Waals surface area (Å²) < 4.78 is 13.3. The molecule has 2 aliphatic heterocycles. The molecule has 26 heavy (non-hydrogen) atoms. The lowest BCUT2D eigenvalue weighted by Crippen LogP contribution is -2.40. The Balaban J connectivity index is 1.77. The van der Waals surface area contributed by atoms with E-state index >= 15 is 0 Å². The predicted octanol–water partition coefficient (Wildman–Crippen LogP) is 2.61. The van der Waals surface area contributed by atoms with Crippen LogP contribution in [0.3, 0.4) is 0 Å². The number of rotatable bonds is 5. The smallest absolute Gasteiger partial charge is 0.162 e. The zero-order chi connectivity index (χ0) is 18.7. The van der Waals surface area contributed by atoms with Gasteiger partial charge in [0.25, 0.3) is 0 Å². The molecule has 6 nitrogen and oxygen atoms in total. The lowest BCUT2D eigenvalue weighted by molar-refractivity contribution is 0.156. The molecular weight excluding hydrogens is 348 g/mol. The number of anilines is 1. The minimum atomic E-state index is 0.461. The van der Waals surface area contributed by atoms with Crippen LogP contribution in [0.2, 0.25) is 0 Å². The number of benzene rings is 1. The van der Waals surface area contributed by atoms with Crippen LogP contribution < -0.4 is 20.9 Å². The first-order valence-corrected chi connectivity index (χ1v) is 10.2. The Morgan fingerprint density at radius 3 is 2.27 bits per heavy atom. The molecule has 2 heterocycles. The summed E-state index contributed by atoms with van der Waals surface area (Å²) in [7, 11) is 3.24. The number of piperidine rings is 1. The number of methoxy groups -OCH3 is 2. The summed E-state index contributed by atoms with van der Waals surface area (Å²) in [5, 5.41) is 0. The van der Waals surface area contributed by atoms with Crippen molar-refractivity contribution >= 4 is 23.3 Å². The lowest BCUT2D eigenvalue weighted by Gasteiger charge is -2.41. The zero-order valence-electron chi connectivity index (χ0n) is 16.0. The SMILES string of the molecule is COc1cc(N)c(/C(=C\N)N2CCC3(CCN(SC)C3)CC2)cc1OC. The van der Waals surface area contributed by atoms with E-state index in [1.54, 1.807) is 26.5 Å². The maximum Gasteiger partial charge on any atom is 0.162 e. The monoisotopic (exact) mass is 378 g/mol. The number of ether oxygens (including phenoxy) is 2. The summed E-state index contributed by atoms with van der Waals surface area (Å²) in [4.78, 5) is 2.35. The third kappa shape index (κ3) is 3.55. The Hall–Kier alpha value is -1.73. The van der Waals surface area contributed by atoms with Gasteiger partial charge in [-0.15, -0.1) is 0 Å². The number of hydrogen-bond acceptors (Lipinski definition) is 7. The molecule has 0 amide bonds. The highest BCUT2D eigenvalue weighted by molar-refractivity contribution is 7.96. The van der Waals surface area contributed by atoms with Gasteiger partial charge in [-0.25, -0.2) is 0 Å². The quantitative estimate of drug-likeness (QED) is 0.602. The van der Waals surface area contributed by atoms with E-state index in [4.69, 9.17) is 20.9 Å². The van der Waals surface area contributed by atoms with Crippen molar-refractivity contribution in [2.45, 2.75) is 19.3 Å². The standard InChI is InChI=1S/C19H30N4O2S/c1-24-17-10-14(15(21)11-18(17)25-2)16(12-20)22-7-4-19(5-8-22)6-9-23(13-19)26-3/h10-12H,4-9,13,20-21H2,1-3H3/b16-12+. The first-order valence-electron chi connectivity index (χ1n) is 9.03. The molecule has 0 atom stereocenters. The van der Waals surface area contributed by atoms with Crippen LogP contribution in [0.25, 0.3) is 5.70 Å². The van der Waals surface area contributed by atoms with E-state index in [0.29, 0.717) is 22.6 Å². The second-order valence-corrected chi connectivity index (χ2v) is 8.01. The van der Waals surface area contributed by atoms with Crippen molar-refractivity contribution in [2.24, 2.45) is 11.1 Å². The Morgan fingerprint density at radius 1 is 1.12 bits per heavy atom. The number of hydrogen-bond donors (Lipinski definition) is 2. The summed E-state index contributed by atoms with van der Waals surface area (Å²) in [6.45, 7) is 4.39. The molecule has 1 spiro atoms. The molecule has 4 N–H and O–H groups in total. The first-order chi connectivity index (χ1) is 12.6. The third-order valence-corrected chi connectivity index (χ3v) is 6.64. The van der Waals surface area contributed by atoms with Crippen LogP contribution in [-0.2, 0) is 0 Å². The Morgan fingerprint density at radius 2 is 1.73 bits per heavy atom. The van der Waals surface area contributed by atoms with E-state index in [0.717, 1.165) is 24.4 Å². The molecule has 2 aliphatic rings. The predicted molar refractivity (Wildman–Crippen MR) is 109 cm³/mol. The lowest BCUT2D eigenvalue weighted by atomic mass is 9.77. The summed E-state index contributed by atoms with van der Waals surface area (Å²) >= 11 is 1.86. The Kier molecular flexibility index (Phi) is 5.77. The average molecular weight is 379 g/mol. The van der Waals surface area contributed by atoms with E-state index in [2.05, 4.69) is 15.5 Å². The first kappa shape index (κ1) is 19.0. The highest BCUT2D eigenvalue weighted by Crippen LogP contribution is 2.44. The number of nitrogen functional groups attached to an aromatic ring is 1. The minimum absolute atomic E-state index is 0.461. The maximum absolute atomic E-state index is 6.29. The van der Waals surface area contributed by atoms with E-state index in [1.807, 2.05) is 18.0 Å². The van der Waals surface area contributed by atoms with Crippen LogP contribution in [0.1, 0.15) is 24.8 Å². The minimum Gasteiger partial charge on any atom is -0.493 e. The van der Waals surface area contributed by atoms with E-state index in [1.165, 1.54) is 32.4 Å². The van der Waals surface area contributed by atoms with Gasteiger partial charge in [-0.2, -0.15) is 0 Å². The van der Waals surface area contributed by atoms with Gasteiger partial charge in [-0.3, -0.25) is 4.31 Å². The van der Waals surface area contributed by atoms with Gasteiger partial charge in [0, 0.05) is 49.7 Å². The molecule has 1 aromatic carbocycles. The highest BCUT2D eigenvalue weighted by atomic mass is 32.2. The summed E-state index contributed by atoms with van der Waals surface area (Å²) in [5.74, 6) is 1.29. The van der Waals surface area contributed by atoms with Gasteiger partial charge in [0.2, 0.25) is 0 Å². The summed E-state index contributed by atoms with van der Waals surface area (Å²) in [5.41, 5.74) is 15.3. The van der Waals surface area contributed by atoms with Crippen molar-refractivity contribution in [2.75, 3.05) is 52.4 Å². The molecule has 0 aliphatic carbocycles. The van der Waals surface area contributed by atoms with Gasteiger partial charge in [0.1, 0.15) is 0 Å². The topological polar surface area (TPSA) is 77.0 Å². The van der Waals surface area contributed by atoms with Gasteiger partial charge in [-0.05, 0) is 37.0 Å². The highest BCUT2D eigenvalue weighted by Gasteiger charge is 2.40. The second kappa shape index (κ2) is 7.88. The van der Waals surface area contributed by atoms with Crippen molar-refractivity contribution in [1.82, 2.24) is 9.21 Å². The Bertz CT molecular complexity index is 672.